The second-order valence-electron chi connectivity index (χ2n) is 4.89. The van der Waals surface area contributed by atoms with E-state index < -0.39 is 5.60 Å². The number of hydrogen-bond donors (Lipinski definition) is 3. The molecule has 18 heavy (non-hydrogen) atoms. The smallest absolute Gasteiger partial charge is 0.149 e. The third kappa shape index (κ3) is 3.26. The third-order valence-corrected chi connectivity index (χ3v) is 3.27. The summed E-state index contributed by atoms with van der Waals surface area (Å²) in [5.74, 6) is 1.32. The Hall–Kier alpha value is -1.01. The van der Waals surface area contributed by atoms with Crippen molar-refractivity contribution in [2.24, 2.45) is 0 Å². The summed E-state index contributed by atoms with van der Waals surface area (Å²) in [4.78, 5) is 4.24. The van der Waals surface area contributed by atoms with Crippen LogP contribution in [0.15, 0.2) is 12.3 Å². The molecule has 0 radical (unpaired) electrons. The number of ether oxygens (including phenoxy) is 1. The van der Waals surface area contributed by atoms with Crippen molar-refractivity contribution in [3.05, 3.63) is 12.3 Å². The van der Waals surface area contributed by atoms with Gasteiger partial charge in [-0.1, -0.05) is 15.9 Å². The normalized spacial score (nSPS) is 26.5. The number of nitrogens with two attached hydrogens (primary N) is 1. The molecule has 1 aromatic heterocycles. The standard InChI is InChI=1S/C12H18BrN3O2/c1-12(17)5-8(6-12)16-11-10(14)4-9(7-15-11)18-3-2-13/h4,7-8,17H,2-3,5-6,14H2,1H3,(H,15,16). The lowest BCUT2D eigenvalue weighted by Gasteiger charge is -2.41. The summed E-state index contributed by atoms with van der Waals surface area (Å²) < 4.78 is 5.41. The minimum absolute atomic E-state index is 0.240. The second kappa shape index (κ2) is 5.32. The summed E-state index contributed by atoms with van der Waals surface area (Å²) in [6, 6.07) is 2.00. The first-order valence-electron chi connectivity index (χ1n) is 5.93. The molecule has 1 fully saturated rings. The predicted octanol–water partition coefficient (Wildman–Crippen LogP) is 1.76. The maximum Gasteiger partial charge on any atom is 0.149 e. The van der Waals surface area contributed by atoms with Crippen molar-refractivity contribution in [2.75, 3.05) is 23.0 Å². The number of nitrogens with one attached hydrogen (secondary N) is 1. The van der Waals surface area contributed by atoms with E-state index in [2.05, 4.69) is 26.2 Å². The Balaban J connectivity index is 1.93. The first-order valence-corrected chi connectivity index (χ1v) is 7.05. The Bertz CT molecular complexity index is 418. The molecule has 4 N–H and O–H groups in total. The zero-order valence-electron chi connectivity index (χ0n) is 10.3. The van der Waals surface area contributed by atoms with Crippen LogP contribution in [0.3, 0.4) is 0 Å². The highest BCUT2D eigenvalue weighted by Gasteiger charge is 2.38. The predicted molar refractivity (Wildman–Crippen MR) is 75.2 cm³/mol. The van der Waals surface area contributed by atoms with Gasteiger partial charge in [0.2, 0.25) is 0 Å². The van der Waals surface area contributed by atoms with Crippen molar-refractivity contribution in [1.82, 2.24) is 4.98 Å². The van der Waals surface area contributed by atoms with Gasteiger partial charge in [-0.05, 0) is 19.8 Å². The van der Waals surface area contributed by atoms with E-state index >= 15 is 0 Å². The first-order chi connectivity index (χ1) is 8.50. The molecule has 2 rings (SSSR count). The highest BCUT2D eigenvalue weighted by atomic mass is 79.9. The number of pyridine rings is 1. The summed E-state index contributed by atoms with van der Waals surface area (Å²) in [5, 5.41) is 13.6. The van der Waals surface area contributed by atoms with E-state index in [-0.39, 0.29) is 6.04 Å². The van der Waals surface area contributed by atoms with Crippen LogP contribution < -0.4 is 15.8 Å². The summed E-state index contributed by atoms with van der Waals surface area (Å²) in [6.07, 6.45) is 3.09. The van der Waals surface area contributed by atoms with E-state index in [1.165, 1.54) is 0 Å². The summed E-state index contributed by atoms with van der Waals surface area (Å²) in [7, 11) is 0. The minimum Gasteiger partial charge on any atom is -0.491 e. The largest absolute Gasteiger partial charge is 0.491 e. The van der Waals surface area contributed by atoms with Crippen LogP contribution in [0, 0.1) is 0 Å². The SMILES string of the molecule is CC1(O)CC(Nc2ncc(OCCBr)cc2N)C1. The molecule has 0 amide bonds. The molecular weight excluding hydrogens is 298 g/mol. The van der Waals surface area contributed by atoms with Crippen molar-refractivity contribution < 1.29 is 9.84 Å². The van der Waals surface area contributed by atoms with Gasteiger partial charge in [-0.3, -0.25) is 0 Å². The topological polar surface area (TPSA) is 80.4 Å². The van der Waals surface area contributed by atoms with Crippen molar-refractivity contribution in [3.8, 4) is 5.75 Å². The van der Waals surface area contributed by atoms with Gasteiger partial charge in [-0.25, -0.2) is 4.98 Å². The monoisotopic (exact) mass is 315 g/mol. The minimum atomic E-state index is -0.550. The number of rotatable bonds is 5. The molecule has 0 spiro atoms. The lowest BCUT2D eigenvalue weighted by atomic mass is 9.77. The maximum atomic E-state index is 9.66. The molecule has 0 bridgehead atoms. The second-order valence-corrected chi connectivity index (χ2v) is 5.69. The van der Waals surface area contributed by atoms with E-state index in [0.717, 1.165) is 18.2 Å². The van der Waals surface area contributed by atoms with Gasteiger partial charge < -0.3 is 20.9 Å². The van der Waals surface area contributed by atoms with Gasteiger partial charge in [0, 0.05) is 17.4 Å². The lowest BCUT2D eigenvalue weighted by molar-refractivity contribution is -0.0235. The highest BCUT2D eigenvalue weighted by Crippen LogP contribution is 2.34. The molecule has 1 aromatic rings. The fourth-order valence-electron chi connectivity index (χ4n) is 2.11. The van der Waals surface area contributed by atoms with E-state index in [0.29, 0.717) is 23.9 Å². The number of anilines is 2. The van der Waals surface area contributed by atoms with Crippen molar-refractivity contribution >= 4 is 27.4 Å². The molecule has 0 saturated heterocycles. The lowest BCUT2D eigenvalue weighted by Crippen LogP contribution is -2.48. The summed E-state index contributed by atoms with van der Waals surface area (Å²) in [6.45, 7) is 2.42. The number of aliphatic hydroxyl groups is 1. The third-order valence-electron chi connectivity index (χ3n) is 2.95. The Labute approximate surface area is 115 Å². The maximum absolute atomic E-state index is 9.66. The fraction of sp³-hybridized carbons (Fsp3) is 0.583. The molecule has 5 nitrogen and oxygen atoms in total. The van der Waals surface area contributed by atoms with Gasteiger partial charge in [0.15, 0.2) is 0 Å². The molecule has 0 aromatic carbocycles. The zero-order valence-corrected chi connectivity index (χ0v) is 11.9. The number of halogens is 1. The highest BCUT2D eigenvalue weighted by molar-refractivity contribution is 9.09. The number of alkyl halides is 1. The van der Waals surface area contributed by atoms with E-state index in [1.807, 2.05) is 6.92 Å². The Morgan fingerprint density at radius 3 is 2.94 bits per heavy atom. The van der Waals surface area contributed by atoms with Crippen LogP contribution in [0.2, 0.25) is 0 Å². The molecular formula is C12H18BrN3O2. The van der Waals surface area contributed by atoms with Gasteiger partial charge in [-0.2, -0.15) is 0 Å². The molecule has 1 heterocycles. The van der Waals surface area contributed by atoms with E-state index in [9.17, 15) is 5.11 Å². The summed E-state index contributed by atoms with van der Waals surface area (Å²) >= 11 is 3.29. The first kappa shape index (κ1) is 13.4. The summed E-state index contributed by atoms with van der Waals surface area (Å²) in [5.41, 5.74) is 5.92. The Morgan fingerprint density at radius 2 is 2.39 bits per heavy atom. The zero-order chi connectivity index (χ0) is 13.2. The molecule has 1 aliphatic carbocycles. The van der Waals surface area contributed by atoms with Crippen molar-refractivity contribution in [3.63, 3.8) is 0 Å². The molecule has 6 heteroatoms. The number of aromatic nitrogens is 1. The van der Waals surface area contributed by atoms with Crippen molar-refractivity contribution in [2.45, 2.75) is 31.4 Å². The van der Waals surface area contributed by atoms with Crippen LogP contribution in [0.5, 0.6) is 5.75 Å². The average molecular weight is 316 g/mol. The molecule has 0 atom stereocenters. The molecule has 100 valence electrons. The van der Waals surface area contributed by atoms with E-state index in [1.54, 1.807) is 12.3 Å². The molecule has 1 saturated carbocycles. The number of nitrogens with zero attached hydrogens (tertiary/aromatic N) is 1. The van der Waals surface area contributed by atoms with E-state index in [4.69, 9.17) is 10.5 Å². The average Bonchev–Trinajstić information content (AvgIpc) is 2.27. The van der Waals surface area contributed by atoms with Crippen LogP contribution in [0.25, 0.3) is 0 Å². The van der Waals surface area contributed by atoms with Gasteiger partial charge in [-0.15, -0.1) is 0 Å². The quantitative estimate of drug-likeness (QED) is 0.721. The van der Waals surface area contributed by atoms with Crippen LogP contribution in [-0.2, 0) is 0 Å². The van der Waals surface area contributed by atoms with Gasteiger partial charge in [0.25, 0.3) is 0 Å². The number of nitrogen functional groups attached to an aromatic ring is 1. The van der Waals surface area contributed by atoms with Gasteiger partial charge in [0.1, 0.15) is 11.6 Å². The Morgan fingerprint density at radius 1 is 1.67 bits per heavy atom. The molecule has 0 unspecified atom stereocenters. The van der Waals surface area contributed by atoms with Crippen LogP contribution in [0.1, 0.15) is 19.8 Å². The number of hydrogen-bond acceptors (Lipinski definition) is 5. The molecule has 0 aliphatic heterocycles. The Kier molecular flexibility index (Phi) is 3.97. The fourth-order valence-corrected chi connectivity index (χ4v) is 2.28. The van der Waals surface area contributed by atoms with Crippen LogP contribution >= 0.6 is 15.9 Å². The van der Waals surface area contributed by atoms with Crippen LogP contribution in [-0.4, -0.2) is 33.7 Å². The molecule has 1 aliphatic rings. The van der Waals surface area contributed by atoms with Gasteiger partial charge in [0.05, 0.1) is 24.1 Å². The van der Waals surface area contributed by atoms with Gasteiger partial charge >= 0.3 is 0 Å². The van der Waals surface area contributed by atoms with Crippen molar-refractivity contribution in [1.29, 1.82) is 0 Å². The van der Waals surface area contributed by atoms with Crippen LogP contribution in [0.4, 0.5) is 11.5 Å².